The van der Waals surface area contributed by atoms with Crippen LogP contribution in [0.3, 0.4) is 0 Å². The molecule has 1 atom stereocenters. The second kappa shape index (κ2) is 4.59. The third-order valence-electron chi connectivity index (χ3n) is 2.41. The van der Waals surface area contributed by atoms with E-state index in [-0.39, 0.29) is 5.91 Å². The lowest BCUT2D eigenvalue weighted by Crippen LogP contribution is -2.53. The molecule has 1 fully saturated rings. The maximum absolute atomic E-state index is 11.6. The van der Waals surface area contributed by atoms with Gasteiger partial charge in [-0.3, -0.25) is 9.69 Å². The Bertz CT molecular complexity index is 194. The van der Waals surface area contributed by atoms with E-state index in [0.717, 1.165) is 13.1 Å². The fourth-order valence-electron chi connectivity index (χ4n) is 1.55. The highest BCUT2D eigenvalue weighted by atomic mass is 127. The van der Waals surface area contributed by atoms with E-state index in [1.165, 1.54) is 0 Å². The molecule has 1 heterocycles. The van der Waals surface area contributed by atoms with Crippen molar-refractivity contribution in [2.75, 3.05) is 19.6 Å². The van der Waals surface area contributed by atoms with Gasteiger partial charge in [-0.2, -0.15) is 0 Å². The molecule has 76 valence electrons. The number of nitrogens with zero attached hydrogens (tertiary/aromatic N) is 2. The summed E-state index contributed by atoms with van der Waals surface area (Å²) < 4.78 is 0.455. The third-order valence-corrected chi connectivity index (χ3v) is 3.20. The quantitative estimate of drug-likeness (QED) is 0.436. The van der Waals surface area contributed by atoms with Crippen molar-refractivity contribution in [1.82, 2.24) is 9.80 Å². The van der Waals surface area contributed by atoms with Crippen LogP contribution in [0.5, 0.6) is 0 Å². The highest BCUT2D eigenvalue weighted by Gasteiger charge is 2.26. The molecule has 0 saturated carbocycles. The molecule has 4 heteroatoms. The fourth-order valence-corrected chi connectivity index (χ4v) is 2.03. The minimum Gasteiger partial charge on any atom is -0.338 e. The van der Waals surface area contributed by atoms with Gasteiger partial charge in [-0.25, -0.2) is 0 Å². The predicted octanol–water partition coefficient (Wildman–Crippen LogP) is 1.32. The van der Waals surface area contributed by atoms with Crippen LogP contribution in [0.25, 0.3) is 0 Å². The molecule has 13 heavy (non-hydrogen) atoms. The summed E-state index contributed by atoms with van der Waals surface area (Å²) in [7, 11) is 0. The lowest BCUT2D eigenvalue weighted by Gasteiger charge is -2.37. The van der Waals surface area contributed by atoms with Gasteiger partial charge in [0.15, 0.2) is 0 Å². The van der Waals surface area contributed by atoms with Crippen molar-refractivity contribution in [1.29, 1.82) is 0 Å². The van der Waals surface area contributed by atoms with Gasteiger partial charge in [-0.15, -0.1) is 0 Å². The Morgan fingerprint density at radius 3 is 2.31 bits per heavy atom. The van der Waals surface area contributed by atoms with E-state index in [0.29, 0.717) is 16.6 Å². The molecule has 1 amide bonds. The van der Waals surface area contributed by atoms with Gasteiger partial charge >= 0.3 is 0 Å². The summed E-state index contributed by atoms with van der Waals surface area (Å²) in [5, 5.41) is 0. The zero-order valence-electron chi connectivity index (χ0n) is 8.46. The maximum atomic E-state index is 11.6. The first-order valence-corrected chi connectivity index (χ1v) is 5.94. The average molecular weight is 296 g/mol. The summed E-state index contributed by atoms with van der Waals surface area (Å²) in [4.78, 5) is 15.8. The SMILES string of the molecule is CC(I)N1CCN(C(C)C)C(=O)C1. The van der Waals surface area contributed by atoms with Crippen LogP contribution in [0.2, 0.25) is 0 Å². The highest BCUT2D eigenvalue weighted by molar-refractivity contribution is 14.1. The number of alkyl halides is 1. The molecular formula is C9H17IN2O. The fraction of sp³-hybridized carbons (Fsp3) is 0.889. The van der Waals surface area contributed by atoms with Crippen LogP contribution in [0.15, 0.2) is 0 Å². The second-order valence-corrected chi connectivity index (χ2v) is 5.53. The van der Waals surface area contributed by atoms with E-state index >= 15 is 0 Å². The van der Waals surface area contributed by atoms with Crippen LogP contribution in [-0.4, -0.2) is 45.4 Å². The zero-order chi connectivity index (χ0) is 10.0. The molecule has 1 aliphatic rings. The van der Waals surface area contributed by atoms with E-state index < -0.39 is 0 Å². The largest absolute Gasteiger partial charge is 0.338 e. The summed E-state index contributed by atoms with van der Waals surface area (Å²) >= 11 is 2.35. The molecule has 0 bridgehead atoms. The molecule has 0 aromatic rings. The van der Waals surface area contributed by atoms with Gasteiger partial charge in [0, 0.05) is 19.1 Å². The van der Waals surface area contributed by atoms with Gasteiger partial charge in [0.1, 0.15) is 0 Å². The number of hydrogen-bond acceptors (Lipinski definition) is 2. The standard InChI is InChI=1S/C9H17IN2O/c1-7(2)12-5-4-11(8(3)10)6-9(12)13/h7-8H,4-6H2,1-3H3. The van der Waals surface area contributed by atoms with Crippen molar-refractivity contribution in [3.63, 3.8) is 0 Å². The third kappa shape index (κ3) is 2.80. The number of carbonyl (C=O) groups excluding carboxylic acids is 1. The van der Waals surface area contributed by atoms with E-state index in [9.17, 15) is 4.79 Å². The lowest BCUT2D eigenvalue weighted by molar-refractivity contribution is -0.137. The van der Waals surface area contributed by atoms with E-state index in [1.54, 1.807) is 0 Å². The summed E-state index contributed by atoms with van der Waals surface area (Å²) in [5.41, 5.74) is 0. The van der Waals surface area contributed by atoms with Gasteiger partial charge in [-0.1, -0.05) is 22.6 Å². The van der Waals surface area contributed by atoms with Crippen molar-refractivity contribution in [2.24, 2.45) is 0 Å². The number of hydrogen-bond donors (Lipinski definition) is 0. The number of halogens is 1. The summed E-state index contributed by atoms with van der Waals surface area (Å²) in [6.07, 6.45) is 0. The van der Waals surface area contributed by atoms with Gasteiger partial charge < -0.3 is 4.90 Å². The van der Waals surface area contributed by atoms with E-state index in [2.05, 4.69) is 48.3 Å². The first kappa shape index (κ1) is 11.2. The summed E-state index contributed by atoms with van der Waals surface area (Å²) in [5.74, 6) is 0.268. The molecule has 1 aliphatic heterocycles. The van der Waals surface area contributed by atoms with Crippen LogP contribution in [0.1, 0.15) is 20.8 Å². The first-order valence-electron chi connectivity index (χ1n) is 4.70. The van der Waals surface area contributed by atoms with Crippen molar-refractivity contribution in [2.45, 2.75) is 30.9 Å². The Hall–Kier alpha value is 0.160. The van der Waals surface area contributed by atoms with Crippen LogP contribution in [-0.2, 0) is 4.79 Å². The molecule has 1 saturated heterocycles. The molecular weight excluding hydrogens is 279 g/mol. The zero-order valence-corrected chi connectivity index (χ0v) is 10.6. The molecule has 0 aromatic heterocycles. The van der Waals surface area contributed by atoms with Crippen LogP contribution < -0.4 is 0 Å². The van der Waals surface area contributed by atoms with Crippen molar-refractivity contribution < 1.29 is 4.79 Å². The van der Waals surface area contributed by atoms with Gasteiger partial charge in [-0.05, 0) is 20.8 Å². The summed E-state index contributed by atoms with van der Waals surface area (Å²) in [6, 6.07) is 0.346. The molecule has 0 aliphatic carbocycles. The Balaban J connectivity index is 2.52. The molecule has 0 aromatic carbocycles. The number of amides is 1. The molecule has 1 rings (SSSR count). The molecule has 0 spiro atoms. The van der Waals surface area contributed by atoms with Crippen LogP contribution >= 0.6 is 22.6 Å². The van der Waals surface area contributed by atoms with Crippen LogP contribution in [0.4, 0.5) is 0 Å². The highest BCUT2D eigenvalue weighted by Crippen LogP contribution is 2.13. The average Bonchev–Trinajstić information content (AvgIpc) is 2.03. The predicted molar refractivity (Wildman–Crippen MR) is 61.9 cm³/mol. The Labute approximate surface area is 93.6 Å². The molecule has 0 N–H and O–H groups in total. The Morgan fingerprint density at radius 2 is 1.92 bits per heavy atom. The molecule has 3 nitrogen and oxygen atoms in total. The normalized spacial score (nSPS) is 22.5. The molecule has 0 radical (unpaired) electrons. The molecule has 1 unspecified atom stereocenters. The Morgan fingerprint density at radius 1 is 1.31 bits per heavy atom. The van der Waals surface area contributed by atoms with Gasteiger partial charge in [0.25, 0.3) is 0 Å². The minimum absolute atomic E-state index is 0.268. The number of carbonyl (C=O) groups is 1. The van der Waals surface area contributed by atoms with Crippen molar-refractivity contribution in [3.8, 4) is 0 Å². The monoisotopic (exact) mass is 296 g/mol. The first-order chi connectivity index (χ1) is 6.02. The summed E-state index contributed by atoms with van der Waals surface area (Å²) in [6.45, 7) is 8.74. The van der Waals surface area contributed by atoms with E-state index in [4.69, 9.17) is 0 Å². The van der Waals surface area contributed by atoms with Gasteiger partial charge in [0.05, 0.1) is 10.6 Å². The smallest absolute Gasteiger partial charge is 0.237 e. The number of rotatable bonds is 2. The second-order valence-electron chi connectivity index (χ2n) is 3.73. The minimum atomic E-state index is 0.268. The number of piperazine rings is 1. The Kier molecular flexibility index (Phi) is 3.97. The van der Waals surface area contributed by atoms with Gasteiger partial charge in [0.2, 0.25) is 5.91 Å². The topological polar surface area (TPSA) is 23.6 Å². The van der Waals surface area contributed by atoms with Crippen LogP contribution in [0, 0.1) is 0 Å². The lowest BCUT2D eigenvalue weighted by atomic mass is 10.2. The van der Waals surface area contributed by atoms with Crippen molar-refractivity contribution in [3.05, 3.63) is 0 Å². The van der Waals surface area contributed by atoms with Crippen molar-refractivity contribution >= 4 is 28.5 Å². The van der Waals surface area contributed by atoms with E-state index in [1.807, 2.05) is 4.90 Å². The maximum Gasteiger partial charge on any atom is 0.237 e.